The van der Waals surface area contributed by atoms with Gasteiger partial charge in [0.1, 0.15) is 0 Å². The molecular formula is C18H27PS. The van der Waals surface area contributed by atoms with Gasteiger partial charge in [0.2, 0.25) is 0 Å². The Morgan fingerprint density at radius 3 is 2.30 bits per heavy atom. The molecule has 20 heavy (non-hydrogen) atoms. The highest BCUT2D eigenvalue weighted by atomic mass is 32.7. The summed E-state index contributed by atoms with van der Waals surface area (Å²) >= 11 is 6.25. The van der Waals surface area contributed by atoms with E-state index in [4.69, 9.17) is 12.2 Å². The normalized spacial score (nSPS) is 22.6. The Bertz CT molecular complexity index is 452. The third kappa shape index (κ3) is 3.49. The summed E-state index contributed by atoms with van der Waals surface area (Å²) in [5, 5.41) is 3.15. The summed E-state index contributed by atoms with van der Waals surface area (Å²) in [7, 11) is 0. The molecule has 0 saturated carbocycles. The van der Waals surface area contributed by atoms with Gasteiger partial charge in [0.05, 0.1) is 16.8 Å². The fourth-order valence-electron chi connectivity index (χ4n) is 3.14. The minimum absolute atomic E-state index is 1.24. The van der Waals surface area contributed by atoms with E-state index in [-0.39, 0.29) is 0 Å². The molecular weight excluding hydrogens is 279 g/mol. The van der Waals surface area contributed by atoms with Crippen LogP contribution >= 0.6 is 6.46 Å². The first kappa shape index (κ1) is 16.1. The smallest absolute Gasteiger partial charge is 0.0774 e. The average Bonchev–Trinajstić information content (AvgIpc) is 2.81. The predicted octanol–water partition coefficient (Wildman–Crippen LogP) is 5.83. The summed E-state index contributed by atoms with van der Waals surface area (Å²) in [4.78, 5) is 0. The molecule has 0 nitrogen and oxygen atoms in total. The van der Waals surface area contributed by atoms with Crippen LogP contribution in [0.25, 0.3) is 0 Å². The third-order valence-corrected chi connectivity index (χ3v) is 9.58. The van der Waals surface area contributed by atoms with Crippen molar-refractivity contribution in [2.75, 3.05) is 6.16 Å². The van der Waals surface area contributed by atoms with Crippen molar-refractivity contribution in [3.8, 4) is 0 Å². The standard InChI is InChI=1S/C18H27PS/c1-3-5-10-16-14-15-19(20,18(16)13-6-4-2)17-11-8-7-9-12-17/h7-9,11-12H,3-6,10,13-15H2,1-2H3. The molecule has 0 aliphatic carbocycles. The molecule has 1 atom stereocenters. The Balaban J connectivity index is 2.29. The molecule has 2 heteroatoms. The summed E-state index contributed by atoms with van der Waals surface area (Å²) in [6, 6.07) is 11.0. The topological polar surface area (TPSA) is 0 Å². The molecule has 110 valence electrons. The lowest BCUT2D eigenvalue weighted by Crippen LogP contribution is -2.10. The van der Waals surface area contributed by atoms with E-state index in [1.165, 1.54) is 56.4 Å². The van der Waals surface area contributed by atoms with E-state index in [1.54, 1.807) is 10.9 Å². The first-order valence-electron chi connectivity index (χ1n) is 8.08. The fourth-order valence-corrected chi connectivity index (χ4v) is 7.77. The second-order valence-electron chi connectivity index (χ2n) is 5.81. The van der Waals surface area contributed by atoms with E-state index >= 15 is 0 Å². The molecule has 2 rings (SSSR count). The lowest BCUT2D eigenvalue weighted by atomic mass is 10.0. The van der Waals surface area contributed by atoms with Gasteiger partial charge in [-0.15, -0.1) is 0 Å². The van der Waals surface area contributed by atoms with Gasteiger partial charge in [-0.25, -0.2) is 0 Å². The van der Waals surface area contributed by atoms with Crippen LogP contribution in [-0.2, 0) is 12.2 Å². The van der Waals surface area contributed by atoms with Gasteiger partial charge in [-0.1, -0.05) is 44.9 Å². The highest BCUT2D eigenvalue weighted by Crippen LogP contribution is 2.70. The summed E-state index contributed by atoms with van der Waals surface area (Å²) in [6.45, 7) is 3.13. The monoisotopic (exact) mass is 306 g/mol. The van der Waals surface area contributed by atoms with Crippen LogP contribution in [0.1, 0.15) is 58.8 Å². The molecule has 1 aromatic carbocycles. The molecule has 0 spiro atoms. The Labute approximate surface area is 130 Å². The zero-order chi connectivity index (χ0) is 14.4. The second-order valence-corrected chi connectivity index (χ2v) is 10.7. The van der Waals surface area contributed by atoms with Gasteiger partial charge >= 0.3 is 0 Å². The summed E-state index contributed by atoms with van der Waals surface area (Å²) in [5.41, 5.74) is 1.73. The highest BCUT2D eigenvalue weighted by molar-refractivity contribution is 8.47. The number of allylic oxidation sites excluding steroid dienone is 2. The van der Waals surface area contributed by atoms with E-state index in [1.807, 2.05) is 0 Å². The van der Waals surface area contributed by atoms with Gasteiger partial charge in [-0.3, -0.25) is 0 Å². The lowest BCUT2D eigenvalue weighted by molar-refractivity contribution is 0.752. The summed E-state index contributed by atoms with van der Waals surface area (Å²) in [6.07, 6.45) is 10.2. The number of benzene rings is 1. The molecule has 1 heterocycles. The average molecular weight is 306 g/mol. The van der Waals surface area contributed by atoms with Crippen molar-refractivity contribution in [2.45, 2.75) is 58.8 Å². The Morgan fingerprint density at radius 1 is 1.00 bits per heavy atom. The largest absolute Gasteiger partial charge is 0.546 e. The Morgan fingerprint density at radius 2 is 1.65 bits per heavy atom. The van der Waals surface area contributed by atoms with Crippen molar-refractivity contribution in [3.05, 3.63) is 41.2 Å². The van der Waals surface area contributed by atoms with Crippen LogP contribution in [0.15, 0.2) is 41.2 Å². The maximum Gasteiger partial charge on any atom is 0.0774 e. The minimum Gasteiger partial charge on any atom is -0.546 e. The molecule has 0 bridgehead atoms. The van der Waals surface area contributed by atoms with E-state index in [0.717, 1.165) is 0 Å². The molecule has 0 saturated heterocycles. The maximum absolute atomic E-state index is 6.25. The van der Waals surface area contributed by atoms with Crippen LogP contribution in [0.5, 0.6) is 0 Å². The summed E-state index contributed by atoms with van der Waals surface area (Å²) < 4.78 is 0. The van der Waals surface area contributed by atoms with Crippen LogP contribution in [0.4, 0.5) is 0 Å². The highest BCUT2D eigenvalue weighted by Gasteiger charge is 2.38. The Hall–Kier alpha value is -0.260. The second kappa shape index (κ2) is 7.66. The first-order valence-corrected chi connectivity index (χ1v) is 11.1. The first-order chi connectivity index (χ1) is 9.72. The quantitative estimate of drug-likeness (QED) is 0.451. The predicted molar refractivity (Wildman–Crippen MR) is 95.9 cm³/mol. The number of hydrogen-bond acceptors (Lipinski definition) is 1. The SMILES string of the molecule is CCCCC1=C(CCCC)[P+]([S-])(c2ccccc2)CC1. The lowest BCUT2D eigenvalue weighted by Gasteiger charge is -2.31. The number of unbranched alkanes of at least 4 members (excludes halogenated alkanes) is 2. The van der Waals surface area contributed by atoms with Crippen LogP contribution in [0.2, 0.25) is 0 Å². The van der Waals surface area contributed by atoms with Crippen LogP contribution < -0.4 is 5.30 Å². The van der Waals surface area contributed by atoms with Gasteiger partial charge < -0.3 is 12.2 Å². The molecule has 0 amide bonds. The van der Waals surface area contributed by atoms with E-state index in [2.05, 4.69) is 44.2 Å². The van der Waals surface area contributed by atoms with Crippen molar-refractivity contribution < 1.29 is 0 Å². The molecule has 1 unspecified atom stereocenters. The van der Waals surface area contributed by atoms with Crippen molar-refractivity contribution in [2.24, 2.45) is 0 Å². The Kier molecular flexibility index (Phi) is 6.18. The van der Waals surface area contributed by atoms with E-state index in [9.17, 15) is 0 Å². The molecule has 1 aliphatic rings. The van der Waals surface area contributed by atoms with Crippen LogP contribution in [0.3, 0.4) is 0 Å². The van der Waals surface area contributed by atoms with Crippen molar-refractivity contribution in [3.63, 3.8) is 0 Å². The molecule has 0 N–H and O–H groups in total. The molecule has 1 aliphatic heterocycles. The molecule has 0 aromatic heterocycles. The van der Waals surface area contributed by atoms with Gasteiger partial charge in [0.15, 0.2) is 0 Å². The van der Waals surface area contributed by atoms with Crippen LogP contribution in [-0.4, -0.2) is 6.16 Å². The van der Waals surface area contributed by atoms with Gasteiger partial charge in [0.25, 0.3) is 0 Å². The van der Waals surface area contributed by atoms with Crippen molar-refractivity contribution >= 4 is 24.0 Å². The van der Waals surface area contributed by atoms with Crippen molar-refractivity contribution in [1.29, 1.82) is 0 Å². The number of hydrogen-bond donors (Lipinski definition) is 0. The minimum atomic E-state index is -1.45. The van der Waals surface area contributed by atoms with E-state index in [0.29, 0.717) is 0 Å². The molecule has 1 aromatic rings. The van der Waals surface area contributed by atoms with E-state index < -0.39 is 6.46 Å². The molecule has 0 fully saturated rings. The van der Waals surface area contributed by atoms with Crippen molar-refractivity contribution in [1.82, 2.24) is 0 Å². The molecule has 0 radical (unpaired) electrons. The summed E-state index contributed by atoms with van der Waals surface area (Å²) in [5.74, 6) is 0. The number of rotatable bonds is 7. The zero-order valence-corrected chi connectivity index (χ0v) is 14.6. The van der Waals surface area contributed by atoms with Gasteiger partial charge in [-0.05, 0) is 43.4 Å². The fraction of sp³-hybridized carbons (Fsp3) is 0.556. The van der Waals surface area contributed by atoms with Gasteiger partial charge in [-0.2, -0.15) is 0 Å². The third-order valence-electron chi connectivity index (χ3n) is 4.35. The van der Waals surface area contributed by atoms with Gasteiger partial charge in [0, 0.05) is 12.8 Å². The van der Waals surface area contributed by atoms with Crippen LogP contribution in [0, 0.1) is 0 Å². The maximum atomic E-state index is 6.25. The zero-order valence-electron chi connectivity index (χ0n) is 12.9.